The fourth-order valence-electron chi connectivity index (χ4n) is 3.77. The normalized spacial score (nSPS) is 47.2. The van der Waals surface area contributed by atoms with E-state index in [1.807, 2.05) is 0 Å². The number of hydrogen-bond acceptors (Lipinski definition) is 5. The number of H-pyrrole nitrogens is 1. The highest BCUT2D eigenvalue weighted by atomic mass is 19.1. The van der Waals surface area contributed by atoms with Crippen LogP contribution in [0.3, 0.4) is 0 Å². The van der Waals surface area contributed by atoms with Crippen LogP contribution < -0.4 is 11.2 Å². The third-order valence-electron chi connectivity index (χ3n) is 5.03. The number of aryl methyl sites for hydroxylation is 1. The zero-order valence-electron chi connectivity index (χ0n) is 11.2. The summed E-state index contributed by atoms with van der Waals surface area (Å²) in [5.74, 6) is -0.152. The predicted molar refractivity (Wildman–Crippen MR) is 67.5 cm³/mol. The molecule has 2 saturated carbocycles. The highest BCUT2D eigenvalue weighted by Gasteiger charge is 2.78. The number of halogens is 1. The summed E-state index contributed by atoms with van der Waals surface area (Å²) in [6.45, 7) is 1.48. The Labute approximate surface area is 118 Å². The molecular formula is C13H15FN2O5. The van der Waals surface area contributed by atoms with Gasteiger partial charge in [-0.05, 0) is 25.7 Å². The molecule has 0 radical (unpaired) electrons. The summed E-state index contributed by atoms with van der Waals surface area (Å²) in [5.41, 5.74) is -4.11. The lowest BCUT2D eigenvalue weighted by Gasteiger charge is -2.26. The lowest BCUT2D eigenvalue weighted by atomic mass is 9.91. The number of ether oxygens (including phenoxy) is 1. The van der Waals surface area contributed by atoms with Crippen molar-refractivity contribution in [3.05, 3.63) is 32.6 Å². The Balaban J connectivity index is 1.77. The molecule has 6 atom stereocenters. The summed E-state index contributed by atoms with van der Waals surface area (Å²) in [4.78, 5) is 25.3. The second-order valence-corrected chi connectivity index (χ2v) is 6.37. The van der Waals surface area contributed by atoms with Crippen molar-refractivity contribution >= 4 is 0 Å². The number of aromatic nitrogens is 2. The van der Waals surface area contributed by atoms with E-state index in [2.05, 4.69) is 4.98 Å². The number of nitrogens with one attached hydrogen (secondary N) is 1. The summed E-state index contributed by atoms with van der Waals surface area (Å²) in [6.07, 6.45) is -2.45. The fraction of sp³-hybridized carbons (Fsp3) is 0.692. The van der Waals surface area contributed by atoms with Gasteiger partial charge < -0.3 is 14.9 Å². The minimum Gasteiger partial charge on any atom is -0.387 e. The van der Waals surface area contributed by atoms with Crippen LogP contribution in [0.5, 0.6) is 0 Å². The molecule has 21 heavy (non-hydrogen) atoms. The molecule has 0 bridgehead atoms. The van der Waals surface area contributed by atoms with Gasteiger partial charge in [0.25, 0.3) is 5.56 Å². The first-order valence-corrected chi connectivity index (χ1v) is 6.84. The van der Waals surface area contributed by atoms with E-state index in [1.54, 1.807) is 0 Å². The van der Waals surface area contributed by atoms with Crippen LogP contribution >= 0.6 is 0 Å². The summed E-state index contributed by atoms with van der Waals surface area (Å²) in [7, 11) is 0. The number of alkyl halides is 1. The molecule has 7 nitrogen and oxygen atoms in total. The van der Waals surface area contributed by atoms with E-state index in [-0.39, 0.29) is 17.9 Å². The maximum absolute atomic E-state index is 14.7. The van der Waals surface area contributed by atoms with Crippen molar-refractivity contribution in [3.63, 3.8) is 0 Å². The number of rotatable bonds is 1. The summed E-state index contributed by atoms with van der Waals surface area (Å²) >= 11 is 0. The molecule has 2 aliphatic carbocycles. The molecule has 3 aliphatic rings. The number of aromatic amines is 1. The van der Waals surface area contributed by atoms with Gasteiger partial charge in [-0.2, -0.15) is 0 Å². The predicted octanol–water partition coefficient (Wildman–Crippen LogP) is -1.03. The maximum Gasteiger partial charge on any atom is 0.330 e. The van der Waals surface area contributed by atoms with E-state index in [4.69, 9.17) is 4.74 Å². The molecule has 1 saturated heterocycles. The Kier molecular flexibility index (Phi) is 2.28. The fourth-order valence-corrected chi connectivity index (χ4v) is 3.77. The van der Waals surface area contributed by atoms with Crippen LogP contribution in [0.15, 0.2) is 15.8 Å². The van der Waals surface area contributed by atoms with Crippen LogP contribution in [0.1, 0.15) is 24.6 Å². The summed E-state index contributed by atoms with van der Waals surface area (Å²) in [5, 5.41) is 20.7. The Morgan fingerprint density at radius 3 is 2.71 bits per heavy atom. The second-order valence-electron chi connectivity index (χ2n) is 6.37. The van der Waals surface area contributed by atoms with Crippen LogP contribution in [0, 0.1) is 12.8 Å². The van der Waals surface area contributed by atoms with E-state index in [0.29, 0.717) is 6.42 Å². The first-order chi connectivity index (χ1) is 9.77. The van der Waals surface area contributed by atoms with Gasteiger partial charge in [-0.25, -0.2) is 9.18 Å². The molecule has 2 heterocycles. The molecule has 1 aliphatic heterocycles. The first-order valence-electron chi connectivity index (χ1n) is 6.84. The average molecular weight is 298 g/mol. The van der Waals surface area contributed by atoms with Gasteiger partial charge in [-0.3, -0.25) is 14.3 Å². The number of aliphatic hydroxyl groups is 2. The third kappa shape index (κ3) is 1.47. The van der Waals surface area contributed by atoms with Gasteiger partial charge >= 0.3 is 5.69 Å². The van der Waals surface area contributed by atoms with Crippen molar-refractivity contribution < 1.29 is 19.3 Å². The minimum atomic E-state index is -1.85. The Bertz CT molecular complexity index is 745. The zero-order valence-corrected chi connectivity index (χ0v) is 11.2. The highest BCUT2D eigenvalue weighted by Crippen LogP contribution is 2.65. The van der Waals surface area contributed by atoms with Gasteiger partial charge in [0.2, 0.25) is 0 Å². The van der Waals surface area contributed by atoms with Crippen LogP contribution in [-0.2, 0) is 4.74 Å². The number of fused-ring (bicyclic) bond motifs is 3. The van der Waals surface area contributed by atoms with E-state index in [1.165, 1.54) is 13.1 Å². The van der Waals surface area contributed by atoms with E-state index in [0.717, 1.165) is 4.57 Å². The number of hydrogen-bond donors (Lipinski definition) is 3. The molecule has 0 aromatic carbocycles. The topological polar surface area (TPSA) is 105 Å². The lowest BCUT2D eigenvalue weighted by molar-refractivity contribution is -0.108. The van der Waals surface area contributed by atoms with Crippen molar-refractivity contribution in [3.8, 4) is 0 Å². The molecular weight excluding hydrogens is 283 g/mol. The Morgan fingerprint density at radius 1 is 1.38 bits per heavy atom. The van der Waals surface area contributed by atoms with Crippen molar-refractivity contribution in [2.45, 2.75) is 49.5 Å². The SMILES string of the molecule is Cc1cn([C@@H]2O[C@@H]3[C@@]4(O)C[C@H]4C[C@]3(O)[C@@H]2F)c(=O)[nH]c1=O. The molecule has 3 N–H and O–H groups in total. The van der Waals surface area contributed by atoms with Gasteiger partial charge in [0.15, 0.2) is 12.4 Å². The van der Waals surface area contributed by atoms with Crippen LogP contribution in [0.2, 0.25) is 0 Å². The van der Waals surface area contributed by atoms with E-state index in [9.17, 15) is 24.2 Å². The molecule has 8 heteroatoms. The van der Waals surface area contributed by atoms with Gasteiger partial charge in [0.05, 0.1) is 5.60 Å². The summed E-state index contributed by atoms with van der Waals surface area (Å²) < 4.78 is 21.1. The van der Waals surface area contributed by atoms with E-state index >= 15 is 0 Å². The van der Waals surface area contributed by atoms with Gasteiger partial charge in [0.1, 0.15) is 11.7 Å². The zero-order chi connectivity index (χ0) is 15.2. The largest absolute Gasteiger partial charge is 0.387 e. The number of nitrogens with zero attached hydrogens (tertiary/aromatic N) is 1. The van der Waals surface area contributed by atoms with E-state index < -0.39 is 41.0 Å². The minimum absolute atomic E-state index is 0.114. The maximum atomic E-state index is 14.7. The second kappa shape index (κ2) is 3.63. The Morgan fingerprint density at radius 2 is 2.05 bits per heavy atom. The quantitative estimate of drug-likeness (QED) is 0.615. The first kappa shape index (κ1) is 13.2. The average Bonchev–Trinajstić information content (AvgIpc) is 2.88. The molecule has 3 fully saturated rings. The molecule has 0 amide bonds. The third-order valence-corrected chi connectivity index (χ3v) is 5.03. The molecule has 0 unspecified atom stereocenters. The molecule has 1 aromatic rings. The molecule has 1 aromatic heterocycles. The highest BCUT2D eigenvalue weighted by molar-refractivity contribution is 5.27. The van der Waals surface area contributed by atoms with Gasteiger partial charge in [0, 0.05) is 11.8 Å². The van der Waals surface area contributed by atoms with Crippen molar-refractivity contribution in [1.29, 1.82) is 0 Å². The Hall–Kier alpha value is -1.51. The van der Waals surface area contributed by atoms with Crippen LogP contribution in [0.25, 0.3) is 0 Å². The van der Waals surface area contributed by atoms with Crippen molar-refractivity contribution in [2.24, 2.45) is 5.92 Å². The van der Waals surface area contributed by atoms with Crippen molar-refractivity contribution in [1.82, 2.24) is 9.55 Å². The standard InChI is InChI=1S/C13H15FN2O5/c1-5-4-16(11(18)15-8(5)17)9-7(14)13(20)3-6-2-12(6,19)10(13)21-9/h4,6-7,9-10,19-20H,2-3H2,1H3,(H,15,17,18)/t6-,7+,9+,10+,12+,13-/m0/s1. The lowest BCUT2D eigenvalue weighted by Crippen LogP contribution is -2.47. The smallest absolute Gasteiger partial charge is 0.330 e. The van der Waals surface area contributed by atoms with Crippen molar-refractivity contribution in [2.75, 3.05) is 0 Å². The van der Waals surface area contributed by atoms with Gasteiger partial charge in [-0.15, -0.1) is 0 Å². The van der Waals surface area contributed by atoms with Crippen LogP contribution in [0.4, 0.5) is 4.39 Å². The molecule has 114 valence electrons. The molecule has 0 spiro atoms. The van der Waals surface area contributed by atoms with Gasteiger partial charge in [-0.1, -0.05) is 0 Å². The van der Waals surface area contributed by atoms with Crippen LogP contribution in [-0.4, -0.2) is 43.2 Å². The summed E-state index contributed by atoms with van der Waals surface area (Å²) in [6, 6.07) is 0. The monoisotopic (exact) mass is 298 g/mol. The molecule has 4 rings (SSSR count).